The van der Waals surface area contributed by atoms with E-state index in [-0.39, 0.29) is 17.3 Å². The molecule has 0 aliphatic rings. The Balaban J connectivity index is 2.38. The van der Waals surface area contributed by atoms with E-state index < -0.39 is 5.56 Å². The molecule has 5 nitrogen and oxygen atoms in total. The summed E-state index contributed by atoms with van der Waals surface area (Å²) in [5, 5.41) is 2.88. The number of benzene rings is 1. The van der Waals surface area contributed by atoms with Gasteiger partial charge in [-0.05, 0) is 12.1 Å². The molecule has 0 unspecified atom stereocenters. The summed E-state index contributed by atoms with van der Waals surface area (Å²) < 4.78 is 20.4. The molecule has 0 aliphatic heterocycles. The van der Waals surface area contributed by atoms with Crippen LogP contribution in [0.2, 0.25) is 0 Å². The van der Waals surface area contributed by atoms with E-state index in [9.17, 15) is 9.18 Å². The van der Waals surface area contributed by atoms with Crippen LogP contribution in [0.5, 0.6) is 0 Å². The lowest BCUT2D eigenvalue weighted by Gasteiger charge is -2.01. The number of halogens is 1. The molecule has 92 valence electrons. The highest BCUT2D eigenvalue weighted by molar-refractivity contribution is 5.88. The van der Waals surface area contributed by atoms with Crippen molar-refractivity contribution in [2.45, 2.75) is 0 Å². The summed E-state index contributed by atoms with van der Waals surface area (Å²) in [6.07, 6.45) is 0. The average Bonchev–Trinajstić information content (AvgIpc) is 2.83. The third-order valence-electron chi connectivity index (χ3n) is 2.97. The largest absolute Gasteiger partial charge is 0.391 e. The van der Waals surface area contributed by atoms with Crippen LogP contribution in [0.4, 0.5) is 10.1 Å². The topological polar surface area (TPSA) is 77.0 Å². The lowest BCUT2D eigenvalue weighted by Crippen LogP contribution is -2.05. The molecule has 0 radical (unpaired) electrons. The Morgan fingerprint density at radius 2 is 2.22 bits per heavy atom. The minimum absolute atomic E-state index is 0.0127. The molecule has 1 aromatic carbocycles. The summed E-state index contributed by atoms with van der Waals surface area (Å²) >= 11 is 0. The molecular weight excluding hydrogens is 237 g/mol. The van der Waals surface area contributed by atoms with E-state index in [0.29, 0.717) is 11.2 Å². The van der Waals surface area contributed by atoms with E-state index in [4.69, 9.17) is 10.3 Å². The Labute approximate surface area is 101 Å². The van der Waals surface area contributed by atoms with Crippen LogP contribution in [-0.2, 0) is 7.05 Å². The Hall–Kier alpha value is -2.50. The number of hydrogen-bond acceptors (Lipinski definition) is 3. The maximum Gasteiger partial charge on any atom is 0.303 e. The first-order chi connectivity index (χ1) is 8.59. The molecule has 0 aliphatic carbocycles. The summed E-state index contributed by atoms with van der Waals surface area (Å²) in [5.41, 5.74) is 6.10. The zero-order chi connectivity index (χ0) is 12.9. The molecule has 0 fully saturated rings. The molecule has 0 bridgehead atoms. The van der Waals surface area contributed by atoms with Gasteiger partial charge in [-0.1, -0.05) is 12.1 Å². The van der Waals surface area contributed by atoms with Crippen molar-refractivity contribution in [1.29, 1.82) is 0 Å². The summed E-state index contributed by atoms with van der Waals surface area (Å²) in [4.78, 5) is 11.2. The molecule has 3 rings (SSSR count). The number of anilines is 1. The fourth-order valence-corrected chi connectivity index (χ4v) is 2.09. The number of aryl methyl sites for hydroxylation is 1. The van der Waals surface area contributed by atoms with E-state index in [1.165, 1.54) is 6.07 Å². The van der Waals surface area contributed by atoms with E-state index in [0.717, 1.165) is 5.39 Å². The maximum absolute atomic E-state index is 13.7. The standard InChI is InChI=1S/C12H10FN3O2/c1-16-8(11-9(14)12(17)15-18-11)5-6-3-2-4-7(13)10(6)16/h2-5H,14H2,1H3,(H,15,17). The van der Waals surface area contributed by atoms with Gasteiger partial charge in [-0.25, -0.2) is 4.39 Å². The number of para-hydroxylation sites is 1. The number of aromatic nitrogens is 2. The molecule has 3 aromatic rings. The number of rotatable bonds is 1. The molecule has 6 heteroatoms. The molecule has 0 amide bonds. The van der Waals surface area contributed by atoms with Crippen molar-refractivity contribution in [2.24, 2.45) is 7.05 Å². The summed E-state index contributed by atoms with van der Waals surface area (Å²) in [7, 11) is 1.69. The number of fused-ring (bicyclic) bond motifs is 1. The van der Waals surface area contributed by atoms with Crippen LogP contribution in [0.25, 0.3) is 22.4 Å². The lowest BCUT2D eigenvalue weighted by atomic mass is 10.2. The van der Waals surface area contributed by atoms with Crippen LogP contribution in [0.3, 0.4) is 0 Å². The van der Waals surface area contributed by atoms with Crippen molar-refractivity contribution in [2.75, 3.05) is 5.73 Å². The number of nitrogens with one attached hydrogen (secondary N) is 1. The van der Waals surface area contributed by atoms with Gasteiger partial charge >= 0.3 is 5.56 Å². The predicted octanol–water partition coefficient (Wildman–Crippen LogP) is 1.85. The van der Waals surface area contributed by atoms with Crippen LogP contribution < -0.4 is 11.3 Å². The van der Waals surface area contributed by atoms with E-state index in [1.807, 2.05) is 0 Å². The van der Waals surface area contributed by atoms with Gasteiger partial charge < -0.3 is 14.8 Å². The Morgan fingerprint density at radius 3 is 2.83 bits per heavy atom. The van der Waals surface area contributed by atoms with Crippen molar-refractivity contribution in [1.82, 2.24) is 9.72 Å². The van der Waals surface area contributed by atoms with E-state index in [1.54, 1.807) is 29.8 Å². The zero-order valence-electron chi connectivity index (χ0n) is 9.53. The molecule has 0 saturated heterocycles. The monoisotopic (exact) mass is 247 g/mol. The molecular formula is C12H10FN3O2. The summed E-state index contributed by atoms with van der Waals surface area (Å²) in [5.74, 6) is -0.115. The zero-order valence-corrected chi connectivity index (χ0v) is 9.53. The smallest absolute Gasteiger partial charge is 0.303 e. The molecule has 18 heavy (non-hydrogen) atoms. The van der Waals surface area contributed by atoms with Gasteiger partial charge in [0.15, 0.2) is 0 Å². The minimum Gasteiger partial charge on any atom is -0.391 e. The molecule has 0 atom stereocenters. The van der Waals surface area contributed by atoms with Crippen LogP contribution in [-0.4, -0.2) is 9.72 Å². The van der Waals surface area contributed by atoms with Gasteiger partial charge in [0.1, 0.15) is 11.5 Å². The van der Waals surface area contributed by atoms with Gasteiger partial charge in [0.2, 0.25) is 5.76 Å². The third kappa shape index (κ3) is 1.29. The fourth-order valence-electron chi connectivity index (χ4n) is 2.09. The Morgan fingerprint density at radius 1 is 1.44 bits per heavy atom. The number of H-pyrrole nitrogens is 1. The van der Waals surface area contributed by atoms with Crippen LogP contribution >= 0.6 is 0 Å². The maximum atomic E-state index is 13.7. The van der Waals surface area contributed by atoms with Crippen molar-refractivity contribution >= 4 is 16.6 Å². The van der Waals surface area contributed by atoms with E-state index >= 15 is 0 Å². The van der Waals surface area contributed by atoms with Crippen LogP contribution in [0.1, 0.15) is 0 Å². The Bertz CT molecular complexity index is 797. The first kappa shape index (κ1) is 10.6. The van der Waals surface area contributed by atoms with Gasteiger partial charge in [-0.3, -0.25) is 4.79 Å². The second kappa shape index (κ2) is 3.49. The highest BCUT2D eigenvalue weighted by atomic mass is 19.1. The number of nitrogen functional groups attached to an aromatic ring is 1. The first-order valence-electron chi connectivity index (χ1n) is 5.31. The third-order valence-corrected chi connectivity index (χ3v) is 2.97. The Kier molecular flexibility index (Phi) is 2.07. The molecule has 3 N–H and O–H groups in total. The van der Waals surface area contributed by atoms with Crippen LogP contribution in [0, 0.1) is 5.82 Å². The number of hydrogen-bond donors (Lipinski definition) is 2. The number of aromatic amines is 1. The lowest BCUT2D eigenvalue weighted by molar-refractivity contribution is 0.424. The quantitative estimate of drug-likeness (QED) is 0.688. The van der Waals surface area contributed by atoms with Crippen molar-refractivity contribution in [3.63, 3.8) is 0 Å². The normalized spacial score (nSPS) is 11.2. The van der Waals surface area contributed by atoms with Gasteiger partial charge in [0, 0.05) is 12.4 Å². The highest BCUT2D eigenvalue weighted by Gasteiger charge is 2.18. The van der Waals surface area contributed by atoms with Gasteiger partial charge in [0.05, 0.1) is 11.2 Å². The van der Waals surface area contributed by atoms with Crippen molar-refractivity contribution in [3.05, 3.63) is 40.4 Å². The summed E-state index contributed by atoms with van der Waals surface area (Å²) in [6, 6.07) is 6.50. The summed E-state index contributed by atoms with van der Waals surface area (Å²) in [6.45, 7) is 0. The first-order valence-corrected chi connectivity index (χ1v) is 5.31. The number of nitrogens with zero attached hydrogens (tertiary/aromatic N) is 1. The number of nitrogens with two attached hydrogens (primary N) is 1. The second-order valence-electron chi connectivity index (χ2n) is 4.04. The second-order valence-corrected chi connectivity index (χ2v) is 4.04. The SMILES string of the molecule is Cn1c(-c2o[nH]c(=O)c2N)cc2cccc(F)c21. The van der Waals surface area contributed by atoms with Gasteiger partial charge in [-0.15, -0.1) is 0 Å². The van der Waals surface area contributed by atoms with Crippen LogP contribution in [0.15, 0.2) is 33.6 Å². The fraction of sp³-hybridized carbons (Fsp3) is 0.0833. The minimum atomic E-state index is -0.490. The van der Waals surface area contributed by atoms with Crippen molar-refractivity contribution < 1.29 is 8.91 Å². The molecule has 0 saturated carbocycles. The molecule has 2 aromatic heterocycles. The predicted molar refractivity (Wildman–Crippen MR) is 65.6 cm³/mol. The molecule has 0 spiro atoms. The molecule has 2 heterocycles. The van der Waals surface area contributed by atoms with Crippen molar-refractivity contribution in [3.8, 4) is 11.5 Å². The van der Waals surface area contributed by atoms with Gasteiger partial charge in [0.25, 0.3) is 0 Å². The van der Waals surface area contributed by atoms with E-state index in [2.05, 4.69) is 5.16 Å². The van der Waals surface area contributed by atoms with Gasteiger partial charge in [-0.2, -0.15) is 5.16 Å². The average molecular weight is 247 g/mol. The highest BCUT2D eigenvalue weighted by Crippen LogP contribution is 2.30.